The van der Waals surface area contributed by atoms with E-state index in [9.17, 15) is 4.57 Å². The molecule has 7 heteroatoms. The Bertz CT molecular complexity index is 1950. The SMILES string of the molecule is CCOP(=O)(OCC)c1c(OC)ccc(C)c1-c1c(C(C)C)cc(C(C)C)cc1C(C)C.COc1ccc(C)c(-c2c(C(C)C)cc(C(C)C)cc2C(C)C)c1P. The second kappa shape index (κ2) is 20.8. The standard InChI is InChI=1S/C27H41O4P.C23H33OP/c1-11-30-32(28,31-12-2)27-24(29-10)14-13-20(9)25(27)26-22(18(5)6)15-21(17(3)4)16-23(26)19(7)8;1-13(2)17-11-18(14(3)4)22(19(12-17)15(5)6)21-16(7)9-10-20(24-8)23(21)25/h13-19H,11-12H2,1-10H3;9-15H,25H2,1-8H3. The summed E-state index contributed by atoms with van der Waals surface area (Å²) in [6.45, 7) is 35.6. The van der Waals surface area contributed by atoms with E-state index in [1.54, 1.807) is 14.2 Å². The predicted molar refractivity (Wildman–Crippen MR) is 251 cm³/mol. The van der Waals surface area contributed by atoms with Gasteiger partial charge in [-0.3, -0.25) is 4.57 Å². The van der Waals surface area contributed by atoms with Gasteiger partial charge in [0.15, 0.2) is 0 Å². The highest BCUT2D eigenvalue weighted by Gasteiger charge is 2.36. The second-order valence-corrected chi connectivity index (χ2v) is 19.6. The van der Waals surface area contributed by atoms with Crippen LogP contribution in [0.3, 0.4) is 0 Å². The largest absolute Gasteiger partial charge is 0.496 e. The van der Waals surface area contributed by atoms with E-state index in [2.05, 4.69) is 143 Å². The van der Waals surface area contributed by atoms with Crippen molar-refractivity contribution in [2.24, 2.45) is 0 Å². The molecule has 0 spiro atoms. The predicted octanol–water partition coefficient (Wildman–Crippen LogP) is 14.5. The number of rotatable bonds is 15. The molecule has 4 aromatic rings. The summed E-state index contributed by atoms with van der Waals surface area (Å²) in [6.07, 6.45) is 0. The van der Waals surface area contributed by atoms with Gasteiger partial charge in [-0.25, -0.2) is 0 Å². The Morgan fingerprint density at radius 3 is 1.16 bits per heavy atom. The minimum Gasteiger partial charge on any atom is -0.496 e. The first kappa shape index (κ1) is 48.4. The average Bonchev–Trinajstić information content (AvgIpc) is 3.14. The second-order valence-electron chi connectivity index (χ2n) is 17.1. The molecule has 0 N–H and O–H groups in total. The van der Waals surface area contributed by atoms with Crippen molar-refractivity contribution in [2.75, 3.05) is 27.4 Å². The lowest BCUT2D eigenvalue weighted by Crippen LogP contribution is -2.19. The average molecular weight is 817 g/mol. The molecule has 0 saturated carbocycles. The van der Waals surface area contributed by atoms with Gasteiger partial charge in [0, 0.05) is 10.9 Å². The Hall–Kier alpha value is -2.94. The third-order valence-corrected chi connectivity index (χ3v) is 13.6. The van der Waals surface area contributed by atoms with Crippen LogP contribution in [0.4, 0.5) is 0 Å². The summed E-state index contributed by atoms with van der Waals surface area (Å²) in [7, 11) is 2.65. The summed E-state index contributed by atoms with van der Waals surface area (Å²) in [5.74, 6) is 3.95. The molecule has 5 nitrogen and oxygen atoms in total. The van der Waals surface area contributed by atoms with Crippen molar-refractivity contribution in [3.05, 3.63) is 93.0 Å². The molecule has 0 saturated heterocycles. The third kappa shape index (κ3) is 10.8. The summed E-state index contributed by atoms with van der Waals surface area (Å²) in [4.78, 5) is 0. The zero-order valence-corrected chi connectivity index (χ0v) is 40.6. The Kier molecular flexibility index (Phi) is 17.7. The number of ether oxygens (including phenoxy) is 2. The monoisotopic (exact) mass is 817 g/mol. The number of methoxy groups -OCH3 is 2. The fraction of sp³-hybridized carbons (Fsp3) is 0.520. The van der Waals surface area contributed by atoms with E-state index in [1.807, 2.05) is 26.0 Å². The highest BCUT2D eigenvalue weighted by molar-refractivity contribution is 7.62. The molecular formula is C50H74O5P2. The van der Waals surface area contributed by atoms with Crippen LogP contribution < -0.4 is 20.1 Å². The molecule has 0 aliphatic heterocycles. The molecule has 0 radical (unpaired) electrons. The van der Waals surface area contributed by atoms with Crippen LogP contribution in [0.1, 0.15) is 177 Å². The molecule has 4 rings (SSSR count). The van der Waals surface area contributed by atoms with E-state index in [4.69, 9.17) is 18.5 Å². The van der Waals surface area contributed by atoms with E-state index < -0.39 is 7.60 Å². The minimum atomic E-state index is -3.61. The number of aryl methyl sites for hydroxylation is 2. The lowest BCUT2D eigenvalue weighted by atomic mass is 9.80. The maximum Gasteiger partial charge on any atom is 0.365 e. The van der Waals surface area contributed by atoms with Crippen LogP contribution in [0.2, 0.25) is 0 Å². The Balaban J connectivity index is 0.000000315. The van der Waals surface area contributed by atoms with Crippen LogP contribution in [0, 0.1) is 13.8 Å². The van der Waals surface area contributed by atoms with Gasteiger partial charge in [-0.2, -0.15) is 0 Å². The quantitative estimate of drug-likeness (QED) is 0.112. The van der Waals surface area contributed by atoms with Gasteiger partial charge in [-0.15, -0.1) is 9.24 Å². The molecule has 4 aromatic carbocycles. The van der Waals surface area contributed by atoms with Crippen molar-refractivity contribution in [2.45, 2.75) is 146 Å². The third-order valence-electron chi connectivity index (χ3n) is 10.8. The lowest BCUT2D eigenvalue weighted by molar-refractivity contribution is 0.229. The molecule has 57 heavy (non-hydrogen) atoms. The van der Waals surface area contributed by atoms with E-state index >= 15 is 0 Å². The van der Waals surface area contributed by atoms with Crippen molar-refractivity contribution >= 4 is 27.4 Å². The number of hydrogen-bond donors (Lipinski definition) is 0. The maximum atomic E-state index is 14.2. The fourth-order valence-corrected chi connectivity index (χ4v) is 10.2. The van der Waals surface area contributed by atoms with E-state index in [1.165, 1.54) is 50.1 Å². The van der Waals surface area contributed by atoms with Gasteiger partial charge in [0.05, 0.1) is 27.4 Å². The first-order valence-corrected chi connectivity index (χ1v) is 23.2. The van der Waals surface area contributed by atoms with Crippen molar-refractivity contribution in [3.8, 4) is 33.8 Å². The van der Waals surface area contributed by atoms with Gasteiger partial charge < -0.3 is 18.5 Å². The van der Waals surface area contributed by atoms with Crippen LogP contribution >= 0.6 is 16.8 Å². The van der Waals surface area contributed by atoms with Crippen molar-refractivity contribution in [1.82, 2.24) is 0 Å². The van der Waals surface area contributed by atoms with E-state index in [0.29, 0.717) is 46.6 Å². The summed E-state index contributed by atoms with van der Waals surface area (Å²) in [5, 5.41) is 1.69. The summed E-state index contributed by atoms with van der Waals surface area (Å²) < 4.78 is 37.2. The zero-order valence-electron chi connectivity index (χ0n) is 38.6. The molecule has 0 heterocycles. The van der Waals surface area contributed by atoms with Gasteiger partial charge in [-0.1, -0.05) is 119 Å². The molecule has 0 aromatic heterocycles. The summed E-state index contributed by atoms with van der Waals surface area (Å²) in [5.41, 5.74) is 15.2. The summed E-state index contributed by atoms with van der Waals surface area (Å²) >= 11 is 0. The van der Waals surface area contributed by atoms with Gasteiger partial charge in [0.1, 0.15) is 16.8 Å². The summed E-state index contributed by atoms with van der Waals surface area (Å²) in [6, 6.07) is 17.6. The molecule has 0 bridgehead atoms. The van der Waals surface area contributed by atoms with Gasteiger partial charge >= 0.3 is 7.60 Å². The van der Waals surface area contributed by atoms with Crippen molar-refractivity contribution < 1.29 is 23.1 Å². The van der Waals surface area contributed by atoms with Crippen LogP contribution in [-0.4, -0.2) is 27.4 Å². The topological polar surface area (TPSA) is 54.0 Å². The molecule has 1 atom stereocenters. The first-order valence-electron chi connectivity index (χ1n) is 21.1. The molecule has 0 aliphatic rings. The molecule has 0 fully saturated rings. The lowest BCUT2D eigenvalue weighted by Gasteiger charge is -2.28. The smallest absolute Gasteiger partial charge is 0.365 e. The van der Waals surface area contributed by atoms with Crippen LogP contribution in [0.5, 0.6) is 11.5 Å². The van der Waals surface area contributed by atoms with Gasteiger partial charge in [0.2, 0.25) is 0 Å². The highest BCUT2D eigenvalue weighted by atomic mass is 31.2. The molecule has 1 unspecified atom stereocenters. The van der Waals surface area contributed by atoms with E-state index in [-0.39, 0.29) is 13.2 Å². The Morgan fingerprint density at radius 1 is 0.509 bits per heavy atom. The van der Waals surface area contributed by atoms with Crippen LogP contribution in [0.15, 0.2) is 48.5 Å². The molecule has 314 valence electrons. The van der Waals surface area contributed by atoms with Crippen molar-refractivity contribution in [1.29, 1.82) is 0 Å². The molecular weight excluding hydrogens is 742 g/mol. The Morgan fingerprint density at radius 2 is 0.842 bits per heavy atom. The first-order chi connectivity index (χ1) is 26.7. The zero-order chi connectivity index (χ0) is 43.1. The van der Waals surface area contributed by atoms with Gasteiger partial charge in [-0.05, 0) is 137 Å². The number of hydrogen-bond acceptors (Lipinski definition) is 5. The van der Waals surface area contributed by atoms with Crippen LogP contribution in [-0.2, 0) is 13.6 Å². The highest BCUT2D eigenvalue weighted by Crippen LogP contribution is 2.54. The Labute approximate surface area is 349 Å². The minimum absolute atomic E-state index is 0.286. The van der Waals surface area contributed by atoms with Gasteiger partial charge in [0.25, 0.3) is 0 Å². The molecule has 0 amide bonds. The van der Waals surface area contributed by atoms with Crippen molar-refractivity contribution in [3.63, 3.8) is 0 Å². The normalized spacial score (nSPS) is 12.0. The molecule has 0 aliphatic carbocycles. The van der Waals surface area contributed by atoms with Crippen LogP contribution in [0.25, 0.3) is 22.3 Å². The fourth-order valence-electron chi connectivity index (χ4n) is 7.64. The maximum absolute atomic E-state index is 14.2. The number of benzene rings is 4. The van der Waals surface area contributed by atoms with E-state index in [0.717, 1.165) is 27.7 Å².